The third kappa shape index (κ3) is 5.53. The molecular formula is C18H16ClN3O7S. The molecule has 0 unspecified atom stereocenters. The molecule has 1 fully saturated rings. The fraction of sp³-hybridized carbons (Fsp3) is 0.222. The van der Waals surface area contributed by atoms with Crippen LogP contribution in [-0.4, -0.2) is 37.9 Å². The number of hydrogen-bond acceptors (Lipinski definition) is 7. The Kier molecular flexibility index (Phi) is 6.34. The third-order valence-corrected chi connectivity index (χ3v) is 5.88. The van der Waals surface area contributed by atoms with Gasteiger partial charge in [0.25, 0.3) is 11.6 Å². The van der Waals surface area contributed by atoms with E-state index in [0.717, 1.165) is 25.0 Å². The molecule has 1 aliphatic rings. The number of sulfonamides is 1. The highest BCUT2D eigenvalue weighted by molar-refractivity contribution is 7.89. The number of nitrogens with one attached hydrogen (secondary N) is 2. The Bertz CT molecular complexity index is 1120. The van der Waals surface area contributed by atoms with E-state index >= 15 is 0 Å². The number of ether oxygens (including phenoxy) is 1. The van der Waals surface area contributed by atoms with E-state index in [4.69, 9.17) is 16.3 Å². The molecule has 1 aliphatic carbocycles. The first kappa shape index (κ1) is 21.7. The summed E-state index contributed by atoms with van der Waals surface area (Å²) in [5, 5.41) is 13.1. The number of carbonyl (C=O) groups is 2. The summed E-state index contributed by atoms with van der Waals surface area (Å²) in [6, 6.07) is 8.86. The lowest BCUT2D eigenvalue weighted by Crippen LogP contribution is -2.26. The van der Waals surface area contributed by atoms with E-state index in [1.54, 1.807) is 0 Å². The topological polar surface area (TPSA) is 145 Å². The number of benzene rings is 2. The second-order valence-corrected chi connectivity index (χ2v) is 8.59. The fourth-order valence-electron chi connectivity index (χ4n) is 2.42. The Balaban J connectivity index is 1.60. The Morgan fingerprint density at radius 1 is 1.20 bits per heavy atom. The predicted octanol–water partition coefficient (Wildman–Crippen LogP) is 2.48. The molecule has 30 heavy (non-hydrogen) atoms. The summed E-state index contributed by atoms with van der Waals surface area (Å²) in [6.07, 6.45) is 1.54. The van der Waals surface area contributed by atoms with Crippen molar-refractivity contribution in [3.05, 3.63) is 63.2 Å². The van der Waals surface area contributed by atoms with Gasteiger partial charge in [0.2, 0.25) is 10.0 Å². The average molecular weight is 454 g/mol. The van der Waals surface area contributed by atoms with E-state index in [9.17, 15) is 28.1 Å². The monoisotopic (exact) mass is 453 g/mol. The lowest BCUT2D eigenvalue weighted by Gasteiger charge is -2.09. The van der Waals surface area contributed by atoms with E-state index in [1.165, 1.54) is 30.3 Å². The molecule has 12 heteroatoms. The van der Waals surface area contributed by atoms with E-state index < -0.39 is 33.4 Å². The smallest absolute Gasteiger partial charge is 0.338 e. The summed E-state index contributed by atoms with van der Waals surface area (Å²) in [6.45, 7) is -0.674. The minimum absolute atomic E-state index is 0.0383. The standard InChI is InChI=1S/C18H16ClN3O7S/c19-15-7-6-13(9-16(15)22(25)26)20-17(23)10-29-18(24)11-2-1-3-14(8-11)30(27,28)21-12-4-5-12/h1-3,6-9,12,21H,4-5,10H2,(H,20,23). The Hall–Kier alpha value is -3.02. The number of rotatable bonds is 8. The van der Waals surface area contributed by atoms with Crippen molar-refractivity contribution >= 4 is 44.9 Å². The minimum Gasteiger partial charge on any atom is -0.452 e. The molecule has 0 bridgehead atoms. The molecule has 2 aromatic rings. The van der Waals surface area contributed by atoms with Crippen LogP contribution < -0.4 is 10.0 Å². The van der Waals surface area contributed by atoms with Crippen LogP contribution in [0.15, 0.2) is 47.4 Å². The second-order valence-electron chi connectivity index (χ2n) is 6.47. The summed E-state index contributed by atoms with van der Waals surface area (Å²) in [5.41, 5.74) is -0.320. The van der Waals surface area contributed by atoms with Crippen LogP contribution in [0, 0.1) is 10.1 Å². The highest BCUT2D eigenvalue weighted by Gasteiger charge is 2.28. The number of nitro groups is 1. The van der Waals surface area contributed by atoms with Crippen LogP contribution in [0.1, 0.15) is 23.2 Å². The molecule has 0 heterocycles. The summed E-state index contributed by atoms with van der Waals surface area (Å²) in [7, 11) is -3.74. The normalized spacial score (nSPS) is 13.5. The van der Waals surface area contributed by atoms with Crippen LogP contribution in [0.25, 0.3) is 0 Å². The van der Waals surface area contributed by atoms with Gasteiger partial charge in [-0.15, -0.1) is 0 Å². The zero-order chi connectivity index (χ0) is 21.9. The van der Waals surface area contributed by atoms with Crippen LogP contribution in [0.4, 0.5) is 11.4 Å². The minimum atomic E-state index is -3.74. The maximum atomic E-state index is 12.2. The van der Waals surface area contributed by atoms with Crippen molar-refractivity contribution in [1.82, 2.24) is 4.72 Å². The molecule has 0 aromatic heterocycles. The van der Waals surface area contributed by atoms with E-state index in [1.807, 2.05) is 0 Å². The Labute approximate surface area is 176 Å². The van der Waals surface area contributed by atoms with Gasteiger partial charge in [0, 0.05) is 17.8 Å². The molecule has 10 nitrogen and oxygen atoms in total. The van der Waals surface area contributed by atoms with Gasteiger partial charge in [-0.25, -0.2) is 17.9 Å². The van der Waals surface area contributed by atoms with Crippen LogP contribution in [0.2, 0.25) is 5.02 Å². The van der Waals surface area contributed by atoms with Gasteiger partial charge in [0.05, 0.1) is 15.4 Å². The van der Waals surface area contributed by atoms with Gasteiger partial charge < -0.3 is 10.1 Å². The maximum absolute atomic E-state index is 12.2. The van der Waals surface area contributed by atoms with Gasteiger partial charge in [0.15, 0.2) is 6.61 Å². The molecule has 0 aliphatic heterocycles. The molecule has 2 N–H and O–H groups in total. The van der Waals surface area contributed by atoms with Crippen molar-refractivity contribution in [2.24, 2.45) is 0 Å². The first-order chi connectivity index (χ1) is 14.2. The van der Waals surface area contributed by atoms with Crippen molar-refractivity contribution < 1.29 is 27.7 Å². The van der Waals surface area contributed by atoms with Crippen molar-refractivity contribution in [3.8, 4) is 0 Å². The molecule has 2 aromatic carbocycles. The van der Waals surface area contributed by atoms with Crippen LogP contribution in [0.3, 0.4) is 0 Å². The Morgan fingerprint density at radius 3 is 2.60 bits per heavy atom. The van der Waals surface area contributed by atoms with Gasteiger partial charge in [0.1, 0.15) is 5.02 Å². The Morgan fingerprint density at radius 2 is 1.93 bits per heavy atom. The molecule has 0 saturated heterocycles. The number of carbonyl (C=O) groups excluding carboxylic acids is 2. The summed E-state index contributed by atoms with van der Waals surface area (Å²) < 4.78 is 31.9. The summed E-state index contributed by atoms with van der Waals surface area (Å²) in [4.78, 5) is 34.3. The second kappa shape index (κ2) is 8.78. The highest BCUT2D eigenvalue weighted by Crippen LogP contribution is 2.27. The number of esters is 1. The molecule has 0 spiro atoms. The van der Waals surface area contributed by atoms with Gasteiger partial charge >= 0.3 is 5.97 Å². The number of halogens is 1. The maximum Gasteiger partial charge on any atom is 0.338 e. The van der Waals surface area contributed by atoms with Gasteiger partial charge in [-0.2, -0.15) is 0 Å². The zero-order valence-corrected chi connectivity index (χ0v) is 16.9. The molecule has 1 amide bonds. The average Bonchev–Trinajstić information content (AvgIpc) is 3.51. The van der Waals surface area contributed by atoms with Gasteiger partial charge in [-0.1, -0.05) is 17.7 Å². The van der Waals surface area contributed by atoms with E-state index in [0.29, 0.717) is 0 Å². The van der Waals surface area contributed by atoms with Gasteiger partial charge in [-0.05, 0) is 43.2 Å². The number of amides is 1. The number of hydrogen-bond donors (Lipinski definition) is 2. The third-order valence-electron chi connectivity index (χ3n) is 4.04. The number of anilines is 1. The van der Waals surface area contributed by atoms with E-state index in [-0.39, 0.29) is 32.9 Å². The lowest BCUT2D eigenvalue weighted by molar-refractivity contribution is -0.384. The molecule has 0 radical (unpaired) electrons. The summed E-state index contributed by atoms with van der Waals surface area (Å²) >= 11 is 5.70. The van der Waals surface area contributed by atoms with E-state index in [2.05, 4.69) is 10.0 Å². The SMILES string of the molecule is O=C(COC(=O)c1cccc(S(=O)(=O)NC2CC2)c1)Nc1ccc(Cl)c([N+](=O)[O-])c1. The number of nitro benzene ring substituents is 1. The summed E-state index contributed by atoms with van der Waals surface area (Å²) in [5.74, 6) is -1.63. The highest BCUT2D eigenvalue weighted by atomic mass is 35.5. The number of nitrogens with zero attached hydrogens (tertiary/aromatic N) is 1. The van der Waals surface area contributed by atoms with Crippen molar-refractivity contribution in [2.75, 3.05) is 11.9 Å². The molecular weight excluding hydrogens is 438 g/mol. The first-order valence-electron chi connectivity index (χ1n) is 8.69. The molecule has 1 saturated carbocycles. The quantitative estimate of drug-likeness (QED) is 0.354. The predicted molar refractivity (Wildman–Crippen MR) is 107 cm³/mol. The molecule has 158 valence electrons. The largest absolute Gasteiger partial charge is 0.452 e. The van der Waals surface area contributed by atoms with Crippen molar-refractivity contribution in [3.63, 3.8) is 0 Å². The van der Waals surface area contributed by atoms with Crippen LogP contribution >= 0.6 is 11.6 Å². The van der Waals surface area contributed by atoms with Gasteiger partial charge in [-0.3, -0.25) is 14.9 Å². The van der Waals surface area contributed by atoms with Crippen LogP contribution in [-0.2, 0) is 19.6 Å². The van der Waals surface area contributed by atoms with Crippen molar-refractivity contribution in [1.29, 1.82) is 0 Å². The molecule has 0 atom stereocenters. The van der Waals surface area contributed by atoms with Crippen molar-refractivity contribution in [2.45, 2.75) is 23.8 Å². The van der Waals surface area contributed by atoms with Crippen LogP contribution in [0.5, 0.6) is 0 Å². The fourth-order valence-corrected chi connectivity index (χ4v) is 3.96. The lowest BCUT2D eigenvalue weighted by atomic mass is 10.2. The first-order valence-corrected chi connectivity index (χ1v) is 10.5. The molecule has 3 rings (SSSR count). The zero-order valence-electron chi connectivity index (χ0n) is 15.3.